The van der Waals surface area contributed by atoms with E-state index in [1.165, 1.54) is 25.7 Å². The van der Waals surface area contributed by atoms with Gasteiger partial charge in [0.25, 0.3) is 0 Å². The van der Waals surface area contributed by atoms with E-state index in [1.807, 2.05) is 24.3 Å². The van der Waals surface area contributed by atoms with Crippen molar-refractivity contribution < 1.29 is 17.9 Å². The normalized spacial score (nSPS) is 21.6. The average Bonchev–Trinajstić information content (AvgIpc) is 3.42. The molecule has 6 heterocycles. The fourth-order valence-corrected chi connectivity index (χ4v) is 6.83. The second-order valence-electron chi connectivity index (χ2n) is 10.7. The number of piperidine rings is 2. The summed E-state index contributed by atoms with van der Waals surface area (Å²) in [5, 5.41) is 17.9. The Balaban J connectivity index is 1.40. The van der Waals surface area contributed by atoms with Gasteiger partial charge in [0.05, 0.1) is 29.3 Å². The van der Waals surface area contributed by atoms with Crippen molar-refractivity contribution >= 4 is 27.2 Å². The third-order valence-electron chi connectivity index (χ3n) is 8.06. The smallest absolute Gasteiger partial charge is 0.250 e. The molecule has 0 saturated carbocycles. The molecule has 8 bridgehead atoms. The molecule has 2 saturated heterocycles. The zero-order valence-corrected chi connectivity index (χ0v) is 22.2. The van der Waals surface area contributed by atoms with Crippen LogP contribution in [0.25, 0.3) is 22.9 Å². The molecule has 0 spiro atoms. The monoisotopic (exact) mass is 538 g/mol. The van der Waals surface area contributed by atoms with Crippen LogP contribution in [-0.4, -0.2) is 67.2 Å². The van der Waals surface area contributed by atoms with E-state index in [0.29, 0.717) is 29.3 Å². The van der Waals surface area contributed by atoms with Crippen LogP contribution in [0.4, 0.5) is 17.2 Å². The minimum absolute atomic E-state index is 0.352. The van der Waals surface area contributed by atoms with Crippen LogP contribution < -0.4 is 14.5 Å². The van der Waals surface area contributed by atoms with Gasteiger partial charge in [-0.2, -0.15) is 0 Å². The van der Waals surface area contributed by atoms with Crippen LogP contribution in [0.15, 0.2) is 40.9 Å². The van der Waals surface area contributed by atoms with Crippen LogP contribution >= 0.6 is 0 Å². The molecule has 11 heteroatoms. The van der Waals surface area contributed by atoms with E-state index < -0.39 is 16.6 Å². The molecule has 2 N–H and O–H groups in total. The lowest BCUT2D eigenvalue weighted by atomic mass is 9.85. The van der Waals surface area contributed by atoms with E-state index in [0.717, 1.165) is 61.7 Å². The SMILES string of the molecule is O=S(=O)(CCO)Nc1ccc2c(c1)N1CCC(CCC3CCCN(C3)c3cc(ccn3)-c3nnc-2o3)CC1. The Kier molecular flexibility index (Phi) is 6.96. The molecule has 0 amide bonds. The van der Waals surface area contributed by atoms with Gasteiger partial charge in [0, 0.05) is 37.9 Å². The lowest BCUT2D eigenvalue weighted by molar-refractivity contribution is 0.312. The summed E-state index contributed by atoms with van der Waals surface area (Å²) >= 11 is 0. The van der Waals surface area contributed by atoms with Crippen LogP contribution in [0.5, 0.6) is 0 Å². The first-order valence-corrected chi connectivity index (χ1v) is 15.2. The van der Waals surface area contributed by atoms with Gasteiger partial charge in [-0.15, -0.1) is 10.2 Å². The van der Waals surface area contributed by atoms with Gasteiger partial charge in [-0.05, 0) is 80.7 Å². The quantitative estimate of drug-likeness (QED) is 0.511. The molecule has 1 aromatic carbocycles. The molecule has 202 valence electrons. The maximum atomic E-state index is 12.3. The second-order valence-corrected chi connectivity index (χ2v) is 12.5. The Morgan fingerprint density at radius 3 is 2.61 bits per heavy atom. The number of aliphatic hydroxyl groups excluding tert-OH is 1. The number of aliphatic hydroxyl groups is 1. The number of hydrogen-bond acceptors (Lipinski definition) is 9. The topological polar surface area (TPSA) is 125 Å². The maximum Gasteiger partial charge on any atom is 0.250 e. The number of rotatable bonds is 4. The molecule has 2 aromatic heterocycles. The fraction of sp³-hybridized carbons (Fsp3) is 0.519. The number of nitrogens with zero attached hydrogens (tertiary/aromatic N) is 5. The molecule has 1 unspecified atom stereocenters. The molecule has 0 aliphatic carbocycles. The van der Waals surface area contributed by atoms with Crippen molar-refractivity contribution in [1.29, 1.82) is 0 Å². The highest BCUT2D eigenvalue weighted by Crippen LogP contribution is 2.38. The number of aromatic nitrogens is 3. The van der Waals surface area contributed by atoms with E-state index in [4.69, 9.17) is 9.52 Å². The van der Waals surface area contributed by atoms with E-state index in [9.17, 15) is 8.42 Å². The van der Waals surface area contributed by atoms with E-state index in [2.05, 4.69) is 29.7 Å². The summed E-state index contributed by atoms with van der Waals surface area (Å²) in [5.74, 6) is 2.77. The lowest BCUT2D eigenvalue weighted by Gasteiger charge is -2.37. The summed E-state index contributed by atoms with van der Waals surface area (Å²) in [4.78, 5) is 9.35. The first-order chi connectivity index (χ1) is 18.5. The third-order valence-corrected chi connectivity index (χ3v) is 9.33. The Labute approximate surface area is 223 Å². The van der Waals surface area contributed by atoms with Gasteiger partial charge in [0.15, 0.2) is 0 Å². The van der Waals surface area contributed by atoms with Crippen molar-refractivity contribution in [2.24, 2.45) is 11.8 Å². The van der Waals surface area contributed by atoms with E-state index >= 15 is 0 Å². The first kappa shape index (κ1) is 25.1. The van der Waals surface area contributed by atoms with Gasteiger partial charge in [-0.3, -0.25) is 4.72 Å². The molecule has 38 heavy (non-hydrogen) atoms. The Morgan fingerprint density at radius 1 is 0.947 bits per heavy atom. The molecule has 0 radical (unpaired) electrons. The molecule has 1 atom stereocenters. The minimum Gasteiger partial charge on any atom is -0.416 e. The van der Waals surface area contributed by atoms with Gasteiger partial charge in [0.1, 0.15) is 5.82 Å². The molecular formula is C27H34N6O4S. The fourth-order valence-electron chi connectivity index (χ4n) is 6.00. The van der Waals surface area contributed by atoms with Crippen LogP contribution in [0.3, 0.4) is 0 Å². The van der Waals surface area contributed by atoms with Crippen LogP contribution in [0.1, 0.15) is 38.5 Å². The lowest BCUT2D eigenvalue weighted by Crippen LogP contribution is -2.37. The number of anilines is 3. The highest BCUT2D eigenvalue weighted by molar-refractivity contribution is 7.92. The first-order valence-electron chi connectivity index (χ1n) is 13.5. The number of benzene rings is 1. The third kappa shape index (κ3) is 5.35. The zero-order valence-electron chi connectivity index (χ0n) is 21.4. The largest absolute Gasteiger partial charge is 0.416 e. The average molecular weight is 539 g/mol. The van der Waals surface area contributed by atoms with E-state index in [1.54, 1.807) is 12.3 Å². The van der Waals surface area contributed by atoms with Crippen LogP contribution in [0, 0.1) is 11.8 Å². The van der Waals surface area contributed by atoms with Crippen LogP contribution in [0.2, 0.25) is 0 Å². The molecular weight excluding hydrogens is 504 g/mol. The van der Waals surface area contributed by atoms with Gasteiger partial charge in [0.2, 0.25) is 21.8 Å². The number of nitrogens with one attached hydrogen (secondary N) is 1. The second kappa shape index (κ2) is 10.5. The highest BCUT2D eigenvalue weighted by atomic mass is 32.2. The summed E-state index contributed by atoms with van der Waals surface area (Å²) in [6.07, 6.45) is 8.91. The summed E-state index contributed by atoms with van der Waals surface area (Å²) in [6.45, 7) is 3.37. The van der Waals surface area contributed by atoms with Crippen molar-refractivity contribution in [2.45, 2.75) is 38.5 Å². The van der Waals surface area contributed by atoms with E-state index in [-0.39, 0.29) is 5.75 Å². The molecule has 4 aliphatic heterocycles. The minimum atomic E-state index is -3.65. The van der Waals surface area contributed by atoms with Crippen molar-refractivity contribution in [2.75, 3.05) is 53.1 Å². The molecule has 2 fully saturated rings. The maximum absolute atomic E-state index is 12.3. The van der Waals surface area contributed by atoms with Gasteiger partial charge in [-0.1, -0.05) is 0 Å². The number of pyridine rings is 1. The molecule has 3 aromatic rings. The summed E-state index contributed by atoms with van der Waals surface area (Å²) in [7, 11) is -3.65. The van der Waals surface area contributed by atoms with Crippen molar-refractivity contribution in [1.82, 2.24) is 15.2 Å². The highest BCUT2D eigenvalue weighted by Gasteiger charge is 2.27. The zero-order chi connectivity index (χ0) is 26.1. The van der Waals surface area contributed by atoms with Gasteiger partial charge >= 0.3 is 0 Å². The predicted molar refractivity (Wildman–Crippen MR) is 147 cm³/mol. The van der Waals surface area contributed by atoms with Crippen molar-refractivity contribution in [3.63, 3.8) is 0 Å². The predicted octanol–water partition coefficient (Wildman–Crippen LogP) is 3.76. The van der Waals surface area contributed by atoms with Gasteiger partial charge in [-0.25, -0.2) is 13.4 Å². The summed E-state index contributed by atoms with van der Waals surface area (Å²) < 4.78 is 33.4. The Hall–Kier alpha value is -3.18. The Bertz CT molecular complexity index is 1390. The standard InChI is InChI=1S/C27H34N6O4S/c34-14-15-38(35,36)31-22-5-6-23-24(17-22)32-12-8-19(9-13-32)3-4-20-2-1-11-33(18-20)25-16-21(7-10-28-25)26-29-30-27(23)37-26/h5-7,10,16-17,19-20,31,34H,1-4,8-9,11-15,18H2. The van der Waals surface area contributed by atoms with Crippen LogP contribution in [-0.2, 0) is 10.0 Å². The Morgan fingerprint density at radius 2 is 1.76 bits per heavy atom. The van der Waals surface area contributed by atoms with Crippen molar-refractivity contribution in [3.8, 4) is 22.9 Å². The van der Waals surface area contributed by atoms with Crippen molar-refractivity contribution in [3.05, 3.63) is 36.5 Å². The number of hydrogen-bond donors (Lipinski definition) is 2. The number of sulfonamides is 1. The molecule has 10 nitrogen and oxygen atoms in total. The molecule has 7 rings (SSSR count). The van der Waals surface area contributed by atoms with Gasteiger partial charge < -0.3 is 19.3 Å². The summed E-state index contributed by atoms with van der Waals surface area (Å²) in [5.41, 5.74) is 2.91. The number of fused-ring (bicyclic) bond motifs is 3. The molecule has 4 aliphatic rings. The summed E-state index contributed by atoms with van der Waals surface area (Å²) in [6, 6.07) is 9.29.